The van der Waals surface area contributed by atoms with Crippen LogP contribution >= 0.6 is 0 Å². The molecule has 0 saturated heterocycles. The third-order valence-electron chi connectivity index (χ3n) is 4.03. The molecule has 0 aliphatic heterocycles. The lowest BCUT2D eigenvalue weighted by atomic mass is 10.1. The fourth-order valence-electron chi connectivity index (χ4n) is 2.70. The zero-order chi connectivity index (χ0) is 16.2. The lowest BCUT2D eigenvalue weighted by Gasteiger charge is -2.14. The van der Waals surface area contributed by atoms with Gasteiger partial charge in [-0.15, -0.1) is 0 Å². The Bertz CT molecular complexity index is 808. The molecular formula is C19H21N3O. The van der Waals surface area contributed by atoms with Crippen molar-refractivity contribution in [2.75, 3.05) is 0 Å². The normalized spacial score (nSPS) is 12.3. The fraction of sp³-hybridized carbons (Fsp3) is 0.263. The molecule has 23 heavy (non-hydrogen) atoms. The first kappa shape index (κ1) is 15.3. The first-order valence-corrected chi connectivity index (χ1v) is 7.90. The summed E-state index contributed by atoms with van der Waals surface area (Å²) in [6.07, 6.45) is 2.27. The lowest BCUT2D eigenvalue weighted by Crippen LogP contribution is -2.27. The maximum absolute atomic E-state index is 12.2. The predicted molar refractivity (Wildman–Crippen MR) is 92.1 cm³/mol. The highest BCUT2D eigenvalue weighted by molar-refractivity contribution is 5.80. The zero-order valence-corrected chi connectivity index (χ0v) is 13.5. The number of hydrogen-bond donors (Lipinski definition) is 1. The predicted octanol–water partition coefficient (Wildman–Crippen LogP) is 3.61. The van der Waals surface area contributed by atoms with E-state index in [1.165, 1.54) is 5.56 Å². The van der Waals surface area contributed by atoms with Gasteiger partial charge in [-0.05, 0) is 31.0 Å². The number of nitrogens with zero attached hydrogens (tertiary/aromatic N) is 2. The van der Waals surface area contributed by atoms with E-state index in [1.807, 2.05) is 48.1 Å². The fourth-order valence-corrected chi connectivity index (χ4v) is 2.70. The minimum absolute atomic E-state index is 0.0142. The number of benzene rings is 2. The van der Waals surface area contributed by atoms with Gasteiger partial charge in [-0.25, -0.2) is 0 Å². The van der Waals surface area contributed by atoms with Gasteiger partial charge in [-0.2, -0.15) is 5.10 Å². The van der Waals surface area contributed by atoms with Crippen molar-refractivity contribution in [3.05, 3.63) is 65.9 Å². The van der Waals surface area contributed by atoms with Gasteiger partial charge >= 0.3 is 0 Å². The minimum atomic E-state index is 0.0142. The highest BCUT2D eigenvalue weighted by atomic mass is 16.1. The second-order valence-corrected chi connectivity index (χ2v) is 5.88. The molecule has 1 N–H and O–H groups in total. The molecule has 1 heterocycles. The molecule has 0 saturated carbocycles. The molecule has 0 bridgehead atoms. The largest absolute Gasteiger partial charge is 0.350 e. The van der Waals surface area contributed by atoms with Crippen molar-refractivity contribution in [1.29, 1.82) is 0 Å². The monoisotopic (exact) mass is 307 g/mol. The van der Waals surface area contributed by atoms with Gasteiger partial charge in [0.1, 0.15) is 0 Å². The Labute approximate surface area is 136 Å². The molecule has 4 heteroatoms. The van der Waals surface area contributed by atoms with E-state index in [4.69, 9.17) is 0 Å². The lowest BCUT2D eigenvalue weighted by molar-refractivity contribution is -0.122. The highest BCUT2D eigenvalue weighted by Crippen LogP contribution is 2.16. The van der Waals surface area contributed by atoms with Crippen LogP contribution in [0.5, 0.6) is 0 Å². The maximum atomic E-state index is 12.2. The Morgan fingerprint density at radius 2 is 2.00 bits per heavy atom. The average molecular weight is 307 g/mol. The van der Waals surface area contributed by atoms with Gasteiger partial charge in [0.25, 0.3) is 0 Å². The van der Waals surface area contributed by atoms with Gasteiger partial charge in [-0.1, -0.05) is 42.5 Å². The van der Waals surface area contributed by atoms with Gasteiger partial charge in [0.15, 0.2) is 0 Å². The van der Waals surface area contributed by atoms with Crippen molar-refractivity contribution in [1.82, 2.24) is 15.1 Å². The summed E-state index contributed by atoms with van der Waals surface area (Å²) in [6.45, 7) is 4.64. The Morgan fingerprint density at radius 3 is 2.78 bits per heavy atom. The molecule has 1 unspecified atom stereocenters. The smallest absolute Gasteiger partial charge is 0.222 e. The van der Waals surface area contributed by atoms with Crippen molar-refractivity contribution in [2.24, 2.45) is 0 Å². The summed E-state index contributed by atoms with van der Waals surface area (Å²) in [5.41, 5.74) is 3.39. The van der Waals surface area contributed by atoms with E-state index in [2.05, 4.69) is 35.5 Å². The van der Waals surface area contributed by atoms with E-state index in [-0.39, 0.29) is 11.9 Å². The number of carbonyl (C=O) groups excluding carboxylic acids is 1. The highest BCUT2D eigenvalue weighted by Gasteiger charge is 2.10. The standard InChI is InChI=1S/C19H21N3O/c1-14-8-9-17-13-20-22(18(17)12-14)11-10-19(23)21-15(2)16-6-4-3-5-7-16/h3-9,12-13,15H,10-11H2,1-2H3,(H,21,23). The zero-order valence-electron chi connectivity index (χ0n) is 13.5. The van der Waals surface area contributed by atoms with Crippen LogP contribution in [0.25, 0.3) is 10.9 Å². The van der Waals surface area contributed by atoms with Crippen LogP contribution in [0.15, 0.2) is 54.7 Å². The summed E-state index contributed by atoms with van der Waals surface area (Å²) < 4.78 is 1.90. The summed E-state index contributed by atoms with van der Waals surface area (Å²) in [5.74, 6) is 0.0395. The Hall–Kier alpha value is -2.62. The number of amides is 1. The number of aryl methyl sites for hydroxylation is 2. The Kier molecular flexibility index (Phi) is 4.42. The number of nitrogens with one attached hydrogen (secondary N) is 1. The quantitative estimate of drug-likeness (QED) is 0.782. The molecule has 3 rings (SSSR count). The molecule has 118 valence electrons. The second kappa shape index (κ2) is 6.65. The molecule has 0 fully saturated rings. The summed E-state index contributed by atoms with van der Waals surface area (Å²) in [6, 6.07) is 16.2. The molecule has 1 amide bonds. The molecule has 0 aliphatic rings. The number of carbonyl (C=O) groups is 1. The first-order valence-electron chi connectivity index (χ1n) is 7.90. The first-order chi connectivity index (χ1) is 11.1. The molecule has 0 aliphatic carbocycles. The Balaban J connectivity index is 1.61. The SMILES string of the molecule is Cc1ccc2cnn(CCC(=O)NC(C)c3ccccc3)c2c1. The van der Waals surface area contributed by atoms with E-state index in [9.17, 15) is 4.79 Å². The topological polar surface area (TPSA) is 46.9 Å². The molecule has 3 aromatic rings. The molecule has 1 aromatic heterocycles. The van der Waals surface area contributed by atoms with Crippen LogP contribution in [0.1, 0.15) is 30.5 Å². The van der Waals surface area contributed by atoms with Crippen LogP contribution < -0.4 is 5.32 Å². The summed E-state index contributed by atoms with van der Waals surface area (Å²) >= 11 is 0. The van der Waals surface area contributed by atoms with Crippen molar-refractivity contribution in [2.45, 2.75) is 32.9 Å². The third-order valence-corrected chi connectivity index (χ3v) is 4.03. The molecule has 2 aromatic carbocycles. The van der Waals surface area contributed by atoms with Crippen molar-refractivity contribution in [3.8, 4) is 0 Å². The van der Waals surface area contributed by atoms with Crippen LogP contribution in [0.2, 0.25) is 0 Å². The van der Waals surface area contributed by atoms with E-state index < -0.39 is 0 Å². The third kappa shape index (κ3) is 3.59. The van der Waals surface area contributed by atoms with Gasteiger partial charge < -0.3 is 5.32 Å². The van der Waals surface area contributed by atoms with Crippen molar-refractivity contribution in [3.63, 3.8) is 0 Å². The number of rotatable bonds is 5. The van der Waals surface area contributed by atoms with E-state index in [0.717, 1.165) is 16.5 Å². The van der Waals surface area contributed by atoms with Crippen LogP contribution in [0.3, 0.4) is 0 Å². The Morgan fingerprint density at radius 1 is 1.22 bits per heavy atom. The molecule has 0 radical (unpaired) electrons. The van der Waals surface area contributed by atoms with E-state index in [0.29, 0.717) is 13.0 Å². The number of hydrogen-bond acceptors (Lipinski definition) is 2. The maximum Gasteiger partial charge on any atom is 0.222 e. The van der Waals surface area contributed by atoms with Crippen LogP contribution in [0.4, 0.5) is 0 Å². The summed E-state index contributed by atoms with van der Waals surface area (Å²) in [5, 5.41) is 8.53. The summed E-state index contributed by atoms with van der Waals surface area (Å²) in [7, 11) is 0. The van der Waals surface area contributed by atoms with Gasteiger partial charge in [0, 0.05) is 11.8 Å². The van der Waals surface area contributed by atoms with E-state index in [1.54, 1.807) is 0 Å². The van der Waals surface area contributed by atoms with Gasteiger partial charge in [-0.3, -0.25) is 9.48 Å². The van der Waals surface area contributed by atoms with Crippen molar-refractivity contribution < 1.29 is 4.79 Å². The van der Waals surface area contributed by atoms with Crippen LogP contribution in [-0.4, -0.2) is 15.7 Å². The second-order valence-electron chi connectivity index (χ2n) is 5.88. The van der Waals surface area contributed by atoms with E-state index >= 15 is 0 Å². The van der Waals surface area contributed by atoms with Crippen molar-refractivity contribution >= 4 is 16.8 Å². The van der Waals surface area contributed by atoms with Gasteiger partial charge in [0.05, 0.1) is 24.3 Å². The number of aromatic nitrogens is 2. The molecule has 4 nitrogen and oxygen atoms in total. The minimum Gasteiger partial charge on any atom is -0.350 e. The molecule has 0 spiro atoms. The number of fused-ring (bicyclic) bond motifs is 1. The van der Waals surface area contributed by atoms with Crippen LogP contribution in [0, 0.1) is 6.92 Å². The molecule has 1 atom stereocenters. The summed E-state index contributed by atoms with van der Waals surface area (Å²) in [4.78, 5) is 12.2. The van der Waals surface area contributed by atoms with Gasteiger partial charge in [0.2, 0.25) is 5.91 Å². The average Bonchev–Trinajstić information content (AvgIpc) is 2.96. The molecular weight excluding hydrogens is 286 g/mol. The van der Waals surface area contributed by atoms with Crippen LogP contribution in [-0.2, 0) is 11.3 Å².